The van der Waals surface area contributed by atoms with Crippen LogP contribution in [0.5, 0.6) is 0 Å². The number of carbonyl (C=O) groups excluding carboxylic acids is 1. The van der Waals surface area contributed by atoms with Crippen LogP contribution in [0.4, 0.5) is 14.9 Å². The number of nitrogens with one attached hydrogen (secondary N) is 1. The summed E-state index contributed by atoms with van der Waals surface area (Å²) in [5, 5.41) is 7.63. The predicted molar refractivity (Wildman–Crippen MR) is 138 cm³/mol. The molecule has 13 heteroatoms. The van der Waals surface area contributed by atoms with E-state index < -0.39 is 28.8 Å². The monoisotopic (exact) mass is 539 g/mol. The third kappa shape index (κ3) is 5.30. The molecule has 0 saturated carbocycles. The van der Waals surface area contributed by atoms with Crippen LogP contribution in [0.3, 0.4) is 0 Å². The summed E-state index contributed by atoms with van der Waals surface area (Å²) in [5.74, 6) is 0.932. The van der Waals surface area contributed by atoms with Crippen LogP contribution in [-0.4, -0.2) is 85.1 Å². The number of anilines is 1. The molecule has 11 nitrogen and oxygen atoms in total. The molecule has 0 unspecified atom stereocenters. The van der Waals surface area contributed by atoms with Crippen molar-refractivity contribution in [1.29, 1.82) is 0 Å². The molecule has 0 spiro atoms. The average Bonchev–Trinajstić information content (AvgIpc) is 3.68. The van der Waals surface area contributed by atoms with Gasteiger partial charge in [0, 0.05) is 65.5 Å². The Labute approximate surface area is 220 Å². The first-order valence-electron chi connectivity index (χ1n) is 12.3. The lowest BCUT2D eigenvalue weighted by atomic mass is 10.1. The van der Waals surface area contributed by atoms with Gasteiger partial charge in [-0.15, -0.1) is 5.10 Å². The lowest BCUT2D eigenvalue weighted by Crippen LogP contribution is -2.41. The van der Waals surface area contributed by atoms with Crippen molar-refractivity contribution in [3.05, 3.63) is 66.5 Å². The molecular formula is C25H26FN7O4S. The molecule has 1 aromatic carbocycles. The van der Waals surface area contributed by atoms with Crippen LogP contribution in [0.1, 0.15) is 5.69 Å². The lowest BCUT2D eigenvalue weighted by molar-refractivity contribution is 0.0300. The fraction of sp³-hybridized carbons (Fsp3) is 0.360. The fourth-order valence-electron chi connectivity index (χ4n) is 4.72. The van der Waals surface area contributed by atoms with E-state index in [9.17, 15) is 9.00 Å². The summed E-state index contributed by atoms with van der Waals surface area (Å²) in [4.78, 5) is 26.2. The van der Waals surface area contributed by atoms with Crippen LogP contribution >= 0.6 is 0 Å². The first kappa shape index (κ1) is 24.6. The molecule has 198 valence electrons. The average molecular weight is 540 g/mol. The van der Waals surface area contributed by atoms with Gasteiger partial charge >= 0.3 is 6.09 Å². The van der Waals surface area contributed by atoms with Gasteiger partial charge in [-0.1, -0.05) is 11.3 Å². The van der Waals surface area contributed by atoms with E-state index >= 15 is 4.39 Å². The summed E-state index contributed by atoms with van der Waals surface area (Å²) in [6.07, 6.45) is 5.78. The Hall–Kier alpha value is -3.68. The number of aromatic nitrogens is 4. The molecule has 6 rings (SSSR count). The maximum absolute atomic E-state index is 15.1. The second kappa shape index (κ2) is 10.6. The van der Waals surface area contributed by atoms with Crippen LogP contribution in [0.25, 0.3) is 16.8 Å². The highest BCUT2D eigenvalue weighted by atomic mass is 32.2. The summed E-state index contributed by atoms with van der Waals surface area (Å²) in [6, 6.07) is 8.27. The van der Waals surface area contributed by atoms with E-state index in [1.54, 1.807) is 41.5 Å². The van der Waals surface area contributed by atoms with Crippen LogP contribution in [0.2, 0.25) is 0 Å². The molecule has 5 heterocycles. The Balaban J connectivity index is 1.10. The van der Waals surface area contributed by atoms with E-state index in [4.69, 9.17) is 9.57 Å². The first-order chi connectivity index (χ1) is 18.5. The van der Waals surface area contributed by atoms with Gasteiger partial charge in [-0.25, -0.2) is 13.9 Å². The Morgan fingerprint density at radius 3 is 2.76 bits per heavy atom. The molecule has 2 saturated heterocycles. The second-order valence-electron chi connectivity index (χ2n) is 9.33. The number of amides is 1. The normalized spacial score (nSPS) is 22.4. The number of halogens is 1. The van der Waals surface area contributed by atoms with Crippen LogP contribution in [0.15, 0.2) is 55.0 Å². The molecular weight excluding hydrogens is 513 g/mol. The number of cyclic esters (lactones) is 1. The first-order valence-corrected chi connectivity index (χ1v) is 13.8. The van der Waals surface area contributed by atoms with E-state index in [1.165, 1.54) is 11.0 Å². The maximum Gasteiger partial charge on any atom is 0.414 e. The van der Waals surface area contributed by atoms with Crippen molar-refractivity contribution < 1.29 is 23.0 Å². The molecule has 1 amide bonds. The summed E-state index contributed by atoms with van der Waals surface area (Å²) >= 11 is 0. The van der Waals surface area contributed by atoms with Crippen molar-refractivity contribution in [3.63, 3.8) is 0 Å². The maximum atomic E-state index is 15.1. The smallest absolute Gasteiger partial charge is 0.414 e. The topological polar surface area (TPSA) is 115 Å². The molecule has 2 aromatic heterocycles. The minimum absolute atomic E-state index is 0.129. The van der Waals surface area contributed by atoms with Gasteiger partial charge in [-0.05, 0) is 30.3 Å². The number of pyridine rings is 1. The van der Waals surface area contributed by atoms with Gasteiger partial charge in [-0.2, -0.15) is 0 Å². The van der Waals surface area contributed by atoms with Crippen molar-refractivity contribution in [2.45, 2.75) is 18.8 Å². The lowest BCUT2D eigenvalue weighted by Gasteiger charge is -2.27. The van der Waals surface area contributed by atoms with Gasteiger partial charge in [0.25, 0.3) is 0 Å². The number of benzene rings is 1. The second-order valence-corrected chi connectivity index (χ2v) is 11.0. The molecule has 3 aliphatic heterocycles. The Kier molecular flexibility index (Phi) is 6.87. The molecule has 2 fully saturated rings. The van der Waals surface area contributed by atoms with Gasteiger partial charge in [0.2, 0.25) is 0 Å². The largest absolute Gasteiger partial charge is 0.442 e. The number of ether oxygens (including phenoxy) is 1. The van der Waals surface area contributed by atoms with Crippen molar-refractivity contribution in [2.75, 3.05) is 42.6 Å². The predicted octanol–water partition coefficient (Wildman–Crippen LogP) is 1.81. The standard InChI is InChI=1S/C25H26FN7O4S/c26-22-11-18(33-16-20(36-25(33)34)15-32-6-5-28-30-32)2-3-21(22)17-1-4-23(27-13-17)24-12-19(37-29-24)14-31-7-9-38(35)10-8-31/h1-6,11-13,19-20,29H,7-10,14-16H2/t19-,20-/m0/s1. The van der Waals surface area contributed by atoms with E-state index in [0.717, 1.165) is 25.3 Å². The number of carbonyl (C=O) groups is 1. The van der Waals surface area contributed by atoms with E-state index in [0.29, 0.717) is 40.6 Å². The van der Waals surface area contributed by atoms with Crippen molar-refractivity contribution in [3.8, 4) is 11.1 Å². The van der Waals surface area contributed by atoms with E-state index in [1.807, 2.05) is 12.1 Å². The zero-order chi connectivity index (χ0) is 26.1. The fourth-order valence-corrected chi connectivity index (χ4v) is 5.85. The highest BCUT2D eigenvalue weighted by Gasteiger charge is 2.33. The highest BCUT2D eigenvalue weighted by Crippen LogP contribution is 2.30. The van der Waals surface area contributed by atoms with E-state index in [-0.39, 0.29) is 12.6 Å². The van der Waals surface area contributed by atoms with Crippen LogP contribution in [-0.2, 0) is 26.9 Å². The summed E-state index contributed by atoms with van der Waals surface area (Å²) in [7, 11) is -0.710. The van der Waals surface area contributed by atoms with Gasteiger partial charge in [0.15, 0.2) is 0 Å². The number of rotatable bonds is 7. The molecule has 1 N–H and O–H groups in total. The quantitative estimate of drug-likeness (QED) is 0.480. The minimum Gasteiger partial charge on any atom is -0.442 e. The molecule has 2 atom stereocenters. The minimum atomic E-state index is -0.710. The zero-order valence-electron chi connectivity index (χ0n) is 20.4. The zero-order valence-corrected chi connectivity index (χ0v) is 21.2. The molecule has 0 radical (unpaired) electrons. The Bertz CT molecular complexity index is 1360. The van der Waals surface area contributed by atoms with E-state index in [2.05, 4.69) is 25.7 Å². The van der Waals surface area contributed by atoms with Crippen molar-refractivity contribution in [2.24, 2.45) is 0 Å². The number of hydrogen-bond acceptors (Lipinski definition) is 9. The summed E-state index contributed by atoms with van der Waals surface area (Å²) < 4.78 is 33.7. The molecule has 0 bridgehead atoms. The number of nitrogens with zero attached hydrogens (tertiary/aromatic N) is 6. The molecule has 3 aliphatic rings. The van der Waals surface area contributed by atoms with Gasteiger partial charge in [-0.3, -0.25) is 29.3 Å². The SMILES string of the molecule is O=C1O[C@@H](Cn2ccnn2)CN1c1ccc(-c2ccc(C3=C[C@@H](CN4CCS(=O)CC4)ON3)nc2)c(F)c1. The number of hydroxylamine groups is 1. The molecule has 38 heavy (non-hydrogen) atoms. The van der Waals surface area contributed by atoms with Gasteiger partial charge in [0.05, 0.1) is 36.4 Å². The Morgan fingerprint density at radius 1 is 1.16 bits per heavy atom. The third-order valence-electron chi connectivity index (χ3n) is 6.73. The van der Waals surface area contributed by atoms with Crippen molar-refractivity contribution >= 4 is 28.3 Å². The van der Waals surface area contributed by atoms with Gasteiger partial charge in [0.1, 0.15) is 18.0 Å². The van der Waals surface area contributed by atoms with Crippen molar-refractivity contribution in [1.82, 2.24) is 30.4 Å². The highest BCUT2D eigenvalue weighted by molar-refractivity contribution is 7.85. The Morgan fingerprint density at radius 2 is 2.03 bits per heavy atom. The summed E-state index contributed by atoms with van der Waals surface area (Å²) in [6.45, 7) is 2.98. The van der Waals surface area contributed by atoms with Crippen LogP contribution < -0.4 is 10.4 Å². The molecule has 3 aromatic rings. The number of hydrogen-bond donors (Lipinski definition) is 1. The molecule has 0 aliphatic carbocycles. The van der Waals surface area contributed by atoms with Crippen LogP contribution in [0, 0.1) is 5.82 Å². The summed E-state index contributed by atoms with van der Waals surface area (Å²) in [5.41, 5.74) is 5.79. The van der Waals surface area contributed by atoms with Gasteiger partial charge < -0.3 is 4.74 Å². The third-order valence-corrected chi connectivity index (χ3v) is 8.01.